The maximum Gasteiger partial charge on any atom is 0.293 e. The van der Waals surface area contributed by atoms with Gasteiger partial charge in [0, 0.05) is 18.5 Å². The van der Waals surface area contributed by atoms with Gasteiger partial charge in [0.25, 0.3) is 5.69 Å². The third-order valence-corrected chi connectivity index (χ3v) is 4.94. The van der Waals surface area contributed by atoms with Crippen molar-refractivity contribution in [2.45, 2.75) is 26.7 Å². The molecule has 24 heavy (non-hydrogen) atoms. The SMILES string of the molecule is CC(C)C(=O)N1CCc2c3c(cc([N+](=O)[O-])c21)Cc1ccccc1-3. The Hall–Kier alpha value is -2.69. The Morgan fingerprint density at radius 3 is 2.71 bits per heavy atom. The molecule has 4 rings (SSSR count). The molecule has 5 heteroatoms. The maximum atomic E-state index is 12.5. The summed E-state index contributed by atoms with van der Waals surface area (Å²) in [4.78, 5) is 25.4. The van der Waals surface area contributed by atoms with Gasteiger partial charge in [-0.25, -0.2) is 0 Å². The Bertz CT molecular complexity index is 886. The molecule has 0 spiro atoms. The minimum absolute atomic E-state index is 0.0527. The maximum absolute atomic E-state index is 12.5. The van der Waals surface area contributed by atoms with Crippen LogP contribution in [-0.4, -0.2) is 17.4 Å². The second-order valence-electron chi connectivity index (χ2n) is 6.74. The molecule has 0 atom stereocenters. The van der Waals surface area contributed by atoms with E-state index in [0.717, 1.165) is 28.7 Å². The second kappa shape index (κ2) is 5.16. The zero-order valence-electron chi connectivity index (χ0n) is 13.7. The molecule has 0 saturated carbocycles. The highest BCUT2D eigenvalue weighted by Crippen LogP contribution is 2.49. The standard InChI is InChI=1S/C19H18N2O3/c1-11(2)19(22)20-8-7-15-17-13(10-16(18(15)20)21(23)24)9-12-5-3-4-6-14(12)17/h3-6,10-11H,7-9H2,1-2H3. The first-order valence-corrected chi connectivity index (χ1v) is 8.22. The van der Waals surface area contributed by atoms with E-state index in [0.29, 0.717) is 18.7 Å². The van der Waals surface area contributed by atoms with E-state index in [1.807, 2.05) is 26.0 Å². The Labute approximate surface area is 140 Å². The largest absolute Gasteiger partial charge is 0.306 e. The first-order chi connectivity index (χ1) is 11.5. The molecule has 2 aromatic rings. The summed E-state index contributed by atoms with van der Waals surface area (Å²) in [5.74, 6) is -0.237. The summed E-state index contributed by atoms with van der Waals surface area (Å²) in [5, 5.41) is 11.6. The summed E-state index contributed by atoms with van der Waals surface area (Å²) in [5.41, 5.74) is 5.97. The molecule has 0 aromatic heterocycles. The number of anilines is 1. The molecule has 0 saturated heterocycles. The van der Waals surface area contributed by atoms with Crippen LogP contribution in [0.25, 0.3) is 11.1 Å². The van der Waals surface area contributed by atoms with Crippen LogP contribution in [0.5, 0.6) is 0 Å². The number of rotatable bonds is 2. The molecule has 0 unspecified atom stereocenters. The third-order valence-electron chi connectivity index (χ3n) is 4.94. The van der Waals surface area contributed by atoms with E-state index < -0.39 is 0 Å². The lowest BCUT2D eigenvalue weighted by atomic mass is 9.96. The number of nitro groups is 1. The molecular formula is C19H18N2O3. The number of carbonyl (C=O) groups is 1. The van der Waals surface area contributed by atoms with Crippen LogP contribution in [0.1, 0.15) is 30.5 Å². The first kappa shape index (κ1) is 14.9. The highest BCUT2D eigenvalue weighted by atomic mass is 16.6. The van der Waals surface area contributed by atoms with Crippen molar-refractivity contribution in [2.24, 2.45) is 5.92 Å². The highest BCUT2D eigenvalue weighted by Gasteiger charge is 2.38. The number of hydrogen-bond donors (Lipinski definition) is 0. The highest BCUT2D eigenvalue weighted by molar-refractivity contribution is 6.02. The van der Waals surface area contributed by atoms with Gasteiger partial charge in [0.05, 0.1) is 4.92 Å². The van der Waals surface area contributed by atoms with Gasteiger partial charge in [-0.3, -0.25) is 14.9 Å². The van der Waals surface area contributed by atoms with Crippen molar-refractivity contribution in [3.05, 3.63) is 57.1 Å². The first-order valence-electron chi connectivity index (χ1n) is 8.22. The van der Waals surface area contributed by atoms with Gasteiger partial charge in [-0.1, -0.05) is 38.1 Å². The van der Waals surface area contributed by atoms with Crippen molar-refractivity contribution in [2.75, 3.05) is 11.4 Å². The average molecular weight is 322 g/mol. The van der Waals surface area contributed by atoms with Crippen LogP contribution in [-0.2, 0) is 17.6 Å². The average Bonchev–Trinajstić information content (AvgIpc) is 3.13. The number of carbonyl (C=O) groups excluding carboxylic acids is 1. The number of hydrogen-bond acceptors (Lipinski definition) is 3. The molecule has 1 amide bonds. The molecule has 1 aliphatic carbocycles. The van der Waals surface area contributed by atoms with E-state index in [2.05, 4.69) is 12.1 Å². The number of nitrogens with zero attached hydrogens (tertiary/aromatic N) is 2. The lowest BCUT2D eigenvalue weighted by Gasteiger charge is -2.20. The van der Waals surface area contributed by atoms with Gasteiger partial charge in [0.1, 0.15) is 5.69 Å². The van der Waals surface area contributed by atoms with Crippen molar-refractivity contribution in [3.8, 4) is 11.1 Å². The van der Waals surface area contributed by atoms with Crippen LogP contribution in [0.4, 0.5) is 11.4 Å². The van der Waals surface area contributed by atoms with Gasteiger partial charge in [-0.05, 0) is 40.7 Å². The van der Waals surface area contributed by atoms with Crippen LogP contribution in [0.15, 0.2) is 30.3 Å². The Kier molecular flexibility index (Phi) is 3.20. The van der Waals surface area contributed by atoms with Crippen LogP contribution < -0.4 is 4.90 Å². The van der Waals surface area contributed by atoms with E-state index in [4.69, 9.17) is 0 Å². The molecule has 1 aliphatic heterocycles. The Morgan fingerprint density at radius 1 is 1.25 bits per heavy atom. The molecule has 122 valence electrons. The van der Waals surface area contributed by atoms with Crippen LogP contribution >= 0.6 is 0 Å². The molecule has 5 nitrogen and oxygen atoms in total. The normalized spacial score (nSPS) is 14.5. The van der Waals surface area contributed by atoms with Crippen LogP contribution in [0.3, 0.4) is 0 Å². The fourth-order valence-electron chi connectivity index (χ4n) is 3.92. The summed E-state index contributed by atoms with van der Waals surface area (Å²) in [6, 6.07) is 9.79. The van der Waals surface area contributed by atoms with Crippen molar-refractivity contribution in [1.29, 1.82) is 0 Å². The van der Waals surface area contributed by atoms with Crippen molar-refractivity contribution < 1.29 is 9.72 Å². The van der Waals surface area contributed by atoms with Gasteiger partial charge in [-0.2, -0.15) is 0 Å². The van der Waals surface area contributed by atoms with Gasteiger partial charge >= 0.3 is 0 Å². The minimum Gasteiger partial charge on any atom is -0.306 e. The zero-order valence-corrected chi connectivity index (χ0v) is 13.7. The Morgan fingerprint density at radius 2 is 2.00 bits per heavy atom. The topological polar surface area (TPSA) is 63.5 Å². The van der Waals surface area contributed by atoms with Crippen LogP contribution in [0.2, 0.25) is 0 Å². The molecule has 1 heterocycles. The summed E-state index contributed by atoms with van der Waals surface area (Å²) in [7, 11) is 0. The van der Waals surface area contributed by atoms with E-state index in [1.165, 1.54) is 5.56 Å². The van der Waals surface area contributed by atoms with E-state index >= 15 is 0 Å². The summed E-state index contributed by atoms with van der Waals surface area (Å²) in [6.45, 7) is 4.18. The van der Waals surface area contributed by atoms with Crippen LogP contribution in [0, 0.1) is 16.0 Å². The summed E-state index contributed by atoms with van der Waals surface area (Å²) < 4.78 is 0. The fraction of sp³-hybridized carbons (Fsp3) is 0.316. The minimum atomic E-state index is -0.353. The van der Waals surface area contributed by atoms with Gasteiger partial charge in [0.15, 0.2) is 0 Å². The molecule has 2 aromatic carbocycles. The van der Waals surface area contributed by atoms with E-state index in [1.54, 1.807) is 11.0 Å². The van der Waals surface area contributed by atoms with Crippen molar-refractivity contribution in [3.63, 3.8) is 0 Å². The molecule has 0 bridgehead atoms. The molecule has 2 aliphatic rings. The monoisotopic (exact) mass is 322 g/mol. The summed E-state index contributed by atoms with van der Waals surface area (Å²) >= 11 is 0. The fourth-order valence-corrected chi connectivity index (χ4v) is 3.92. The second-order valence-corrected chi connectivity index (χ2v) is 6.74. The lowest BCUT2D eigenvalue weighted by Crippen LogP contribution is -2.32. The quantitative estimate of drug-likeness (QED) is 0.533. The summed E-state index contributed by atoms with van der Waals surface area (Å²) in [6.07, 6.45) is 1.39. The van der Waals surface area contributed by atoms with Crippen molar-refractivity contribution in [1.82, 2.24) is 0 Å². The predicted molar refractivity (Wildman–Crippen MR) is 92.2 cm³/mol. The van der Waals surface area contributed by atoms with Gasteiger partial charge in [0.2, 0.25) is 5.91 Å². The van der Waals surface area contributed by atoms with E-state index in [-0.39, 0.29) is 22.4 Å². The molecule has 0 fully saturated rings. The number of nitro benzene ring substituents is 1. The third kappa shape index (κ3) is 1.97. The van der Waals surface area contributed by atoms with Gasteiger partial charge < -0.3 is 4.90 Å². The molecule has 0 N–H and O–H groups in total. The van der Waals surface area contributed by atoms with Gasteiger partial charge in [-0.15, -0.1) is 0 Å². The number of amides is 1. The zero-order chi connectivity index (χ0) is 17.0. The van der Waals surface area contributed by atoms with E-state index in [9.17, 15) is 14.9 Å². The smallest absolute Gasteiger partial charge is 0.293 e. The Balaban J connectivity index is 1.97. The number of fused-ring (bicyclic) bond motifs is 5. The predicted octanol–water partition coefficient (Wildman–Crippen LogP) is 3.71. The van der Waals surface area contributed by atoms with Crippen molar-refractivity contribution >= 4 is 17.3 Å². The number of benzene rings is 2. The molecular weight excluding hydrogens is 304 g/mol. The lowest BCUT2D eigenvalue weighted by molar-refractivity contribution is -0.384. The molecule has 0 radical (unpaired) electrons.